The van der Waals surface area contributed by atoms with E-state index in [0.29, 0.717) is 6.10 Å². The molecule has 1 aromatic carbocycles. The van der Waals surface area contributed by atoms with E-state index in [1.54, 1.807) is 0 Å². The lowest BCUT2D eigenvalue weighted by Crippen LogP contribution is -2.40. The molecule has 1 fully saturated rings. The maximum Gasteiger partial charge on any atom is 0.108 e. The molecule has 2 aromatic rings. The van der Waals surface area contributed by atoms with E-state index in [9.17, 15) is 0 Å². The van der Waals surface area contributed by atoms with Crippen LogP contribution in [0.2, 0.25) is 0 Å². The first-order valence-electron chi connectivity index (χ1n) is 7.82. The summed E-state index contributed by atoms with van der Waals surface area (Å²) in [4.78, 5) is 10.5. The van der Waals surface area contributed by atoms with Gasteiger partial charge in [0.25, 0.3) is 0 Å². The third-order valence-electron chi connectivity index (χ3n) is 4.08. The first-order chi connectivity index (χ1) is 10.2. The standard InChI is InChI=1S/C16H24N4O/c1-2-21-13-4-3-8-20(11-13)9-7-16-18-14-6-5-12(17)10-15(14)19-16/h5-6,10,13H,2-4,7-9,11,17H2,1H3,(H,18,19). The van der Waals surface area contributed by atoms with Gasteiger partial charge < -0.3 is 20.4 Å². The lowest BCUT2D eigenvalue weighted by Gasteiger charge is -2.32. The molecule has 1 aromatic heterocycles. The van der Waals surface area contributed by atoms with Gasteiger partial charge in [0.15, 0.2) is 0 Å². The molecule has 1 atom stereocenters. The summed E-state index contributed by atoms with van der Waals surface area (Å²) in [5.41, 5.74) is 8.58. The van der Waals surface area contributed by atoms with Gasteiger partial charge in [-0.2, -0.15) is 0 Å². The fraction of sp³-hybridized carbons (Fsp3) is 0.562. The number of aromatic amines is 1. The number of hydrogen-bond donors (Lipinski definition) is 2. The lowest BCUT2D eigenvalue weighted by atomic mass is 10.1. The van der Waals surface area contributed by atoms with Crippen LogP contribution in [0.3, 0.4) is 0 Å². The number of fused-ring (bicyclic) bond motifs is 1. The van der Waals surface area contributed by atoms with Crippen molar-refractivity contribution in [2.45, 2.75) is 32.3 Å². The number of anilines is 1. The van der Waals surface area contributed by atoms with Crippen molar-refractivity contribution in [3.8, 4) is 0 Å². The van der Waals surface area contributed by atoms with Gasteiger partial charge in [-0.05, 0) is 44.5 Å². The molecular weight excluding hydrogens is 264 g/mol. The normalized spacial score (nSPS) is 20.1. The number of rotatable bonds is 5. The highest BCUT2D eigenvalue weighted by atomic mass is 16.5. The number of imidazole rings is 1. The molecule has 0 radical (unpaired) electrons. The molecule has 5 heteroatoms. The summed E-state index contributed by atoms with van der Waals surface area (Å²) in [7, 11) is 0. The number of benzene rings is 1. The largest absolute Gasteiger partial charge is 0.399 e. The van der Waals surface area contributed by atoms with E-state index in [1.807, 2.05) is 18.2 Å². The predicted octanol–water partition coefficient (Wildman–Crippen LogP) is 2.19. The minimum atomic E-state index is 0.402. The molecule has 0 aliphatic carbocycles. The van der Waals surface area contributed by atoms with E-state index >= 15 is 0 Å². The van der Waals surface area contributed by atoms with Crippen LogP contribution in [0.4, 0.5) is 5.69 Å². The predicted molar refractivity (Wildman–Crippen MR) is 85.3 cm³/mol. The molecule has 1 unspecified atom stereocenters. The Morgan fingerprint density at radius 1 is 1.48 bits per heavy atom. The third kappa shape index (κ3) is 3.54. The lowest BCUT2D eigenvalue weighted by molar-refractivity contribution is 0.00621. The molecule has 3 rings (SSSR count). The quantitative estimate of drug-likeness (QED) is 0.828. The summed E-state index contributed by atoms with van der Waals surface area (Å²) < 4.78 is 5.75. The highest BCUT2D eigenvalue weighted by molar-refractivity contribution is 5.78. The molecule has 0 bridgehead atoms. The van der Waals surface area contributed by atoms with Crippen molar-refractivity contribution in [3.05, 3.63) is 24.0 Å². The third-order valence-corrected chi connectivity index (χ3v) is 4.08. The second-order valence-electron chi connectivity index (χ2n) is 5.73. The van der Waals surface area contributed by atoms with Gasteiger partial charge in [-0.3, -0.25) is 0 Å². The van der Waals surface area contributed by atoms with E-state index in [1.165, 1.54) is 12.8 Å². The van der Waals surface area contributed by atoms with Crippen LogP contribution in [0, 0.1) is 0 Å². The first kappa shape index (κ1) is 14.4. The zero-order valence-corrected chi connectivity index (χ0v) is 12.6. The molecule has 0 spiro atoms. The molecule has 5 nitrogen and oxygen atoms in total. The van der Waals surface area contributed by atoms with Crippen molar-refractivity contribution >= 4 is 16.7 Å². The summed E-state index contributed by atoms with van der Waals surface area (Å²) in [6.07, 6.45) is 3.75. The molecular formula is C16H24N4O. The second-order valence-corrected chi connectivity index (χ2v) is 5.73. The first-order valence-corrected chi connectivity index (χ1v) is 7.82. The Bertz CT molecular complexity index is 593. The van der Waals surface area contributed by atoms with Gasteiger partial charge in [0.1, 0.15) is 5.82 Å². The second kappa shape index (κ2) is 6.45. The summed E-state index contributed by atoms with van der Waals surface area (Å²) in [5, 5.41) is 0. The van der Waals surface area contributed by atoms with E-state index < -0.39 is 0 Å². The number of nitrogen functional groups attached to an aromatic ring is 1. The Kier molecular flexibility index (Phi) is 4.41. The van der Waals surface area contributed by atoms with Gasteiger partial charge in [-0.15, -0.1) is 0 Å². The van der Waals surface area contributed by atoms with Crippen LogP contribution >= 0.6 is 0 Å². The SMILES string of the molecule is CCOC1CCCN(CCc2nc3ccc(N)cc3[nH]2)C1. The number of nitrogens with one attached hydrogen (secondary N) is 1. The number of H-pyrrole nitrogens is 1. The summed E-state index contributed by atoms with van der Waals surface area (Å²) in [6.45, 7) is 6.11. The number of nitrogens with zero attached hydrogens (tertiary/aromatic N) is 2. The molecule has 1 saturated heterocycles. The van der Waals surface area contributed by atoms with Crippen molar-refractivity contribution in [3.63, 3.8) is 0 Å². The zero-order chi connectivity index (χ0) is 14.7. The van der Waals surface area contributed by atoms with Crippen molar-refractivity contribution in [1.82, 2.24) is 14.9 Å². The Morgan fingerprint density at radius 3 is 3.24 bits per heavy atom. The van der Waals surface area contributed by atoms with E-state index in [2.05, 4.69) is 21.8 Å². The average molecular weight is 288 g/mol. The van der Waals surface area contributed by atoms with Crippen LogP contribution in [0.25, 0.3) is 11.0 Å². The van der Waals surface area contributed by atoms with Crippen LogP contribution in [-0.2, 0) is 11.2 Å². The fourth-order valence-corrected chi connectivity index (χ4v) is 3.05. The van der Waals surface area contributed by atoms with Gasteiger partial charge in [0.2, 0.25) is 0 Å². The van der Waals surface area contributed by atoms with Gasteiger partial charge in [-0.1, -0.05) is 0 Å². The van der Waals surface area contributed by atoms with E-state index in [4.69, 9.17) is 10.5 Å². The molecule has 114 valence electrons. The van der Waals surface area contributed by atoms with Crippen LogP contribution in [-0.4, -0.2) is 47.2 Å². The van der Waals surface area contributed by atoms with Crippen molar-refractivity contribution in [2.75, 3.05) is 32.0 Å². The minimum Gasteiger partial charge on any atom is -0.399 e. The van der Waals surface area contributed by atoms with Gasteiger partial charge in [0.05, 0.1) is 17.1 Å². The monoisotopic (exact) mass is 288 g/mol. The van der Waals surface area contributed by atoms with Crippen molar-refractivity contribution in [2.24, 2.45) is 0 Å². The van der Waals surface area contributed by atoms with Crippen LogP contribution < -0.4 is 5.73 Å². The van der Waals surface area contributed by atoms with Gasteiger partial charge >= 0.3 is 0 Å². The summed E-state index contributed by atoms with van der Waals surface area (Å²) in [5.74, 6) is 1.04. The smallest absolute Gasteiger partial charge is 0.108 e. The van der Waals surface area contributed by atoms with Crippen LogP contribution in [0.1, 0.15) is 25.6 Å². The Hall–Kier alpha value is -1.59. The number of ether oxygens (including phenoxy) is 1. The van der Waals surface area contributed by atoms with Gasteiger partial charge in [-0.25, -0.2) is 4.98 Å². The van der Waals surface area contributed by atoms with Crippen LogP contribution in [0.15, 0.2) is 18.2 Å². The van der Waals surface area contributed by atoms with E-state index in [-0.39, 0.29) is 0 Å². The Balaban J connectivity index is 1.58. The van der Waals surface area contributed by atoms with E-state index in [0.717, 1.165) is 55.2 Å². The minimum absolute atomic E-state index is 0.402. The molecule has 1 aliphatic heterocycles. The number of hydrogen-bond acceptors (Lipinski definition) is 4. The molecule has 2 heterocycles. The molecule has 1 aliphatic rings. The molecule has 21 heavy (non-hydrogen) atoms. The molecule has 3 N–H and O–H groups in total. The fourth-order valence-electron chi connectivity index (χ4n) is 3.05. The number of aromatic nitrogens is 2. The van der Waals surface area contributed by atoms with Crippen LogP contribution in [0.5, 0.6) is 0 Å². The van der Waals surface area contributed by atoms with Gasteiger partial charge in [0, 0.05) is 31.8 Å². The van der Waals surface area contributed by atoms with Crippen molar-refractivity contribution in [1.29, 1.82) is 0 Å². The highest BCUT2D eigenvalue weighted by Crippen LogP contribution is 2.17. The Morgan fingerprint density at radius 2 is 2.38 bits per heavy atom. The maximum absolute atomic E-state index is 5.80. The molecule has 0 saturated carbocycles. The van der Waals surface area contributed by atoms with Crippen molar-refractivity contribution < 1.29 is 4.74 Å². The highest BCUT2D eigenvalue weighted by Gasteiger charge is 2.19. The summed E-state index contributed by atoms with van der Waals surface area (Å²) in [6, 6.07) is 5.80. The number of likely N-dealkylation sites (tertiary alicyclic amines) is 1. The summed E-state index contributed by atoms with van der Waals surface area (Å²) >= 11 is 0. The topological polar surface area (TPSA) is 67.2 Å². The maximum atomic E-state index is 5.80. The number of nitrogens with two attached hydrogens (primary N) is 1. The molecule has 0 amide bonds. The zero-order valence-electron chi connectivity index (χ0n) is 12.6. The number of piperidine rings is 1. The average Bonchev–Trinajstić information content (AvgIpc) is 2.88. The Labute approximate surface area is 125 Å².